The van der Waals surface area contributed by atoms with Crippen molar-refractivity contribution in [3.8, 4) is 0 Å². The molecule has 0 bridgehead atoms. The summed E-state index contributed by atoms with van der Waals surface area (Å²) >= 11 is 3.36. The number of nitrogens with one attached hydrogen (secondary N) is 2. The highest BCUT2D eigenvalue weighted by molar-refractivity contribution is 9.10. The number of amides is 1. The van der Waals surface area contributed by atoms with Crippen LogP contribution in [0.1, 0.15) is 23.1 Å². The van der Waals surface area contributed by atoms with E-state index in [4.69, 9.17) is 0 Å². The molecule has 0 fully saturated rings. The molecule has 156 valence electrons. The minimum Gasteiger partial charge on any atom is -0.334 e. The van der Waals surface area contributed by atoms with Crippen LogP contribution >= 0.6 is 15.9 Å². The first-order chi connectivity index (χ1) is 14.1. The second-order valence-corrected chi connectivity index (χ2v) is 10.1. The molecule has 1 aliphatic rings. The molecular weight excluding hydrogens is 477 g/mol. The second-order valence-electron chi connectivity index (χ2n) is 7.19. The van der Waals surface area contributed by atoms with E-state index < -0.39 is 27.3 Å². The fourth-order valence-electron chi connectivity index (χ4n) is 3.22. The molecule has 2 heterocycles. The van der Waals surface area contributed by atoms with E-state index in [1.165, 1.54) is 32.2 Å². The molecule has 11 heteroatoms. The van der Waals surface area contributed by atoms with Crippen LogP contribution in [0.3, 0.4) is 0 Å². The van der Waals surface area contributed by atoms with Crippen molar-refractivity contribution in [2.75, 3.05) is 18.1 Å². The number of halogens is 2. The van der Waals surface area contributed by atoms with Crippen molar-refractivity contribution in [2.24, 2.45) is 4.99 Å². The zero-order valence-electron chi connectivity index (χ0n) is 16.0. The molecule has 4 rings (SSSR count). The van der Waals surface area contributed by atoms with Gasteiger partial charge in [0.05, 0.1) is 23.1 Å². The molecule has 0 saturated carbocycles. The van der Waals surface area contributed by atoms with E-state index in [9.17, 15) is 17.6 Å². The number of carbonyl (C=O) groups is 1. The van der Waals surface area contributed by atoms with Gasteiger partial charge in [0.25, 0.3) is 5.91 Å². The largest absolute Gasteiger partial charge is 0.334 e. The number of carbonyl (C=O) groups excluding carboxylic acids is 1. The van der Waals surface area contributed by atoms with Crippen molar-refractivity contribution in [2.45, 2.75) is 12.5 Å². The number of hydrogen-bond donors (Lipinski definition) is 2. The third-order valence-electron chi connectivity index (χ3n) is 4.87. The first kappa shape index (κ1) is 20.5. The number of benzene rings is 2. The number of imidazole rings is 1. The summed E-state index contributed by atoms with van der Waals surface area (Å²) < 4.78 is 40.9. The molecule has 1 unspecified atom stereocenters. The SMILES string of the molecule is CN1C=NC(C)(c2cc(NC(=O)c3nc4ccc(Br)cc4[nH]3)ccc2F)CS1(=O)=O. The van der Waals surface area contributed by atoms with Gasteiger partial charge in [-0.3, -0.25) is 14.1 Å². The number of aromatic nitrogens is 2. The Morgan fingerprint density at radius 3 is 2.80 bits per heavy atom. The van der Waals surface area contributed by atoms with Crippen LogP contribution in [0.2, 0.25) is 0 Å². The van der Waals surface area contributed by atoms with Gasteiger partial charge in [-0.25, -0.2) is 17.8 Å². The average Bonchev–Trinajstić information content (AvgIpc) is 3.09. The summed E-state index contributed by atoms with van der Waals surface area (Å²) in [5.41, 5.74) is 0.365. The number of H-pyrrole nitrogens is 1. The second kappa shape index (κ2) is 7.17. The van der Waals surface area contributed by atoms with Crippen LogP contribution in [0.15, 0.2) is 45.9 Å². The Bertz CT molecular complexity index is 1310. The van der Waals surface area contributed by atoms with Crippen molar-refractivity contribution in [1.29, 1.82) is 0 Å². The van der Waals surface area contributed by atoms with E-state index >= 15 is 0 Å². The van der Waals surface area contributed by atoms with Gasteiger partial charge in [0, 0.05) is 22.8 Å². The fraction of sp³-hybridized carbons (Fsp3) is 0.211. The molecule has 0 spiro atoms. The standard InChI is InChI=1S/C19H17BrFN5O3S/c1-19(9-30(28,29)26(2)10-22-19)13-8-12(4-5-14(13)21)23-18(27)17-24-15-6-3-11(20)7-16(15)25-17/h3-8,10H,9H2,1-2H3,(H,23,27)(H,24,25). The Labute approximate surface area is 180 Å². The lowest BCUT2D eigenvalue weighted by molar-refractivity contribution is 0.101. The lowest BCUT2D eigenvalue weighted by atomic mass is 9.93. The van der Waals surface area contributed by atoms with Crippen molar-refractivity contribution in [3.63, 3.8) is 0 Å². The predicted octanol–water partition coefficient (Wildman–Crippen LogP) is 3.24. The number of aliphatic imine (C=N–C) groups is 1. The highest BCUT2D eigenvalue weighted by Crippen LogP contribution is 2.34. The van der Waals surface area contributed by atoms with Crippen molar-refractivity contribution >= 4 is 54.9 Å². The topological polar surface area (TPSA) is 108 Å². The Hall–Kier alpha value is -2.79. The van der Waals surface area contributed by atoms with Crippen LogP contribution in [-0.2, 0) is 15.6 Å². The number of fused-ring (bicyclic) bond motifs is 1. The third-order valence-corrected chi connectivity index (χ3v) is 7.26. The molecule has 30 heavy (non-hydrogen) atoms. The molecule has 1 atom stereocenters. The molecule has 8 nitrogen and oxygen atoms in total. The van der Waals surface area contributed by atoms with Gasteiger partial charge in [-0.2, -0.15) is 0 Å². The van der Waals surface area contributed by atoms with Crippen LogP contribution in [0, 0.1) is 5.82 Å². The predicted molar refractivity (Wildman–Crippen MR) is 116 cm³/mol. The molecule has 1 aromatic heterocycles. The Morgan fingerprint density at radius 1 is 1.30 bits per heavy atom. The van der Waals surface area contributed by atoms with E-state index in [1.807, 2.05) is 6.07 Å². The first-order valence-corrected chi connectivity index (χ1v) is 11.3. The fourth-order valence-corrected chi connectivity index (χ4v) is 4.91. The minimum atomic E-state index is -3.62. The number of nitrogens with zero attached hydrogens (tertiary/aromatic N) is 3. The van der Waals surface area contributed by atoms with Crippen LogP contribution in [0.5, 0.6) is 0 Å². The smallest absolute Gasteiger partial charge is 0.291 e. The van der Waals surface area contributed by atoms with Gasteiger partial charge in [0.1, 0.15) is 11.4 Å². The summed E-state index contributed by atoms with van der Waals surface area (Å²) in [5, 5.41) is 2.66. The quantitative estimate of drug-likeness (QED) is 0.583. The molecule has 3 aromatic rings. The highest BCUT2D eigenvalue weighted by Gasteiger charge is 2.39. The Kier molecular flexibility index (Phi) is 4.89. The van der Waals surface area contributed by atoms with E-state index in [0.29, 0.717) is 16.7 Å². The normalized spacial score (nSPS) is 20.5. The highest BCUT2D eigenvalue weighted by atomic mass is 79.9. The molecule has 0 radical (unpaired) electrons. The number of hydrogen-bond acceptors (Lipinski definition) is 5. The zero-order chi connectivity index (χ0) is 21.7. The molecule has 0 saturated heterocycles. The van der Waals surface area contributed by atoms with E-state index in [-0.39, 0.29) is 17.1 Å². The minimum absolute atomic E-state index is 0.0711. The summed E-state index contributed by atoms with van der Waals surface area (Å²) in [6.45, 7) is 1.54. The summed E-state index contributed by atoms with van der Waals surface area (Å²) in [5.74, 6) is -1.41. The molecule has 0 aliphatic carbocycles. The zero-order valence-corrected chi connectivity index (χ0v) is 18.4. The van der Waals surface area contributed by atoms with E-state index in [2.05, 4.69) is 36.2 Å². The van der Waals surface area contributed by atoms with Crippen LogP contribution in [-0.4, -0.2) is 47.7 Å². The first-order valence-electron chi connectivity index (χ1n) is 8.85. The van der Waals surface area contributed by atoms with Crippen LogP contribution < -0.4 is 5.32 Å². The Balaban J connectivity index is 1.64. The van der Waals surface area contributed by atoms with Gasteiger partial charge in [-0.15, -0.1) is 0 Å². The van der Waals surface area contributed by atoms with Gasteiger partial charge in [0.15, 0.2) is 5.82 Å². The number of rotatable bonds is 3. The van der Waals surface area contributed by atoms with Gasteiger partial charge < -0.3 is 10.3 Å². The molecule has 1 amide bonds. The summed E-state index contributed by atoms with van der Waals surface area (Å²) in [6.07, 6.45) is 1.16. The van der Waals surface area contributed by atoms with Gasteiger partial charge in [0.2, 0.25) is 10.0 Å². The maximum Gasteiger partial charge on any atom is 0.291 e. The van der Waals surface area contributed by atoms with Gasteiger partial charge in [-0.1, -0.05) is 15.9 Å². The molecule has 1 aliphatic heterocycles. The molecular formula is C19H17BrFN5O3S. The van der Waals surface area contributed by atoms with Gasteiger partial charge >= 0.3 is 0 Å². The lowest BCUT2D eigenvalue weighted by Gasteiger charge is -2.32. The average molecular weight is 494 g/mol. The van der Waals surface area contributed by atoms with E-state index in [0.717, 1.165) is 15.1 Å². The monoisotopic (exact) mass is 493 g/mol. The van der Waals surface area contributed by atoms with Crippen molar-refractivity contribution in [1.82, 2.24) is 14.3 Å². The number of aromatic amines is 1. The lowest BCUT2D eigenvalue weighted by Crippen LogP contribution is -2.43. The number of sulfonamides is 1. The number of anilines is 1. The maximum atomic E-state index is 14.6. The molecule has 2 aromatic carbocycles. The van der Waals surface area contributed by atoms with Crippen LogP contribution in [0.25, 0.3) is 11.0 Å². The van der Waals surface area contributed by atoms with Crippen LogP contribution in [0.4, 0.5) is 10.1 Å². The molecule has 2 N–H and O–H groups in total. The summed E-state index contributed by atoms with van der Waals surface area (Å²) in [7, 11) is -2.25. The summed E-state index contributed by atoms with van der Waals surface area (Å²) in [6, 6.07) is 9.34. The van der Waals surface area contributed by atoms with E-state index in [1.54, 1.807) is 12.1 Å². The maximum absolute atomic E-state index is 14.6. The van der Waals surface area contributed by atoms with Crippen molar-refractivity contribution in [3.05, 3.63) is 58.1 Å². The summed E-state index contributed by atoms with van der Waals surface area (Å²) in [4.78, 5) is 24.0. The third kappa shape index (κ3) is 3.70. The van der Waals surface area contributed by atoms with Gasteiger partial charge in [-0.05, 0) is 43.3 Å². The van der Waals surface area contributed by atoms with Crippen molar-refractivity contribution < 1.29 is 17.6 Å². The Morgan fingerprint density at radius 2 is 2.07 bits per heavy atom.